The van der Waals surface area contributed by atoms with Crippen molar-refractivity contribution in [3.8, 4) is 11.5 Å². The van der Waals surface area contributed by atoms with E-state index in [0.29, 0.717) is 0 Å². The van der Waals surface area contributed by atoms with Crippen molar-refractivity contribution in [2.75, 3.05) is 12.4 Å². The second-order valence-electron chi connectivity index (χ2n) is 4.04. The largest absolute Gasteiger partial charge is 0.372 e. The second kappa shape index (κ2) is 4.25. The lowest BCUT2D eigenvalue weighted by Crippen LogP contribution is -2.16. The molecule has 0 saturated heterocycles. The molecule has 0 aliphatic carbocycles. The molecule has 1 N–H and O–H groups in total. The van der Waals surface area contributed by atoms with E-state index < -0.39 is 8.07 Å². The Labute approximate surface area is 86.0 Å². The van der Waals surface area contributed by atoms with Crippen LogP contribution in [-0.2, 0) is 0 Å². The molecular weight excluding hydrogens is 190 g/mol. The monoisotopic (exact) mass is 205 g/mol. The molecule has 0 fully saturated rings. The molecule has 0 atom stereocenters. The summed E-state index contributed by atoms with van der Waals surface area (Å²) < 4.78 is 0. The second-order valence-corrected chi connectivity index (χ2v) is 8.79. The van der Waals surface area contributed by atoms with Crippen molar-refractivity contribution in [3.63, 3.8) is 0 Å². The summed E-state index contributed by atoms with van der Waals surface area (Å²) in [4.78, 5) is 8.31. The van der Waals surface area contributed by atoms with Gasteiger partial charge in [-0.05, 0) is 0 Å². The van der Waals surface area contributed by atoms with E-state index in [0.717, 1.165) is 11.5 Å². The van der Waals surface area contributed by atoms with E-state index in [1.54, 1.807) is 12.4 Å². The van der Waals surface area contributed by atoms with E-state index in [2.05, 4.69) is 46.4 Å². The molecule has 74 valence electrons. The average Bonchev–Trinajstić information content (AvgIpc) is 2.14. The Bertz CT molecular complexity index is 371. The molecule has 1 heterocycles. The van der Waals surface area contributed by atoms with E-state index in [4.69, 9.17) is 0 Å². The van der Waals surface area contributed by atoms with Crippen molar-refractivity contribution in [3.05, 3.63) is 18.1 Å². The number of hydrogen-bond acceptors (Lipinski definition) is 3. The lowest BCUT2D eigenvalue weighted by atomic mass is 10.5. The summed E-state index contributed by atoms with van der Waals surface area (Å²) in [5.41, 5.74) is 3.98. The maximum Gasteiger partial charge on any atom is 0.145 e. The smallest absolute Gasteiger partial charge is 0.145 e. The Hall–Kier alpha value is -1.34. The molecule has 0 unspecified atom stereocenters. The molecule has 0 radical (unpaired) electrons. The zero-order valence-electron chi connectivity index (χ0n) is 9.05. The van der Waals surface area contributed by atoms with Crippen LogP contribution < -0.4 is 5.32 Å². The van der Waals surface area contributed by atoms with Crippen LogP contribution in [0.5, 0.6) is 0 Å². The molecule has 0 saturated carbocycles. The maximum atomic E-state index is 4.27. The van der Waals surface area contributed by atoms with Crippen LogP contribution in [0.3, 0.4) is 0 Å². The molecule has 0 aliphatic heterocycles. The Kier molecular flexibility index (Phi) is 3.26. The van der Waals surface area contributed by atoms with Crippen LogP contribution in [0.15, 0.2) is 12.4 Å². The number of rotatable bonds is 1. The van der Waals surface area contributed by atoms with Crippen LogP contribution in [0.2, 0.25) is 19.6 Å². The van der Waals surface area contributed by atoms with Crippen molar-refractivity contribution in [2.24, 2.45) is 0 Å². The highest BCUT2D eigenvalue weighted by Crippen LogP contribution is 2.01. The summed E-state index contributed by atoms with van der Waals surface area (Å²) in [6, 6.07) is 0. The standard InChI is InChI=1S/C10H15N3Si/c1-11-10-8-12-7-9(13-10)5-6-14(2,3)4/h7-8H,1-4H3,(H,11,13). The minimum Gasteiger partial charge on any atom is -0.372 e. The van der Waals surface area contributed by atoms with Crippen molar-refractivity contribution in [2.45, 2.75) is 19.6 Å². The third-order valence-electron chi connectivity index (χ3n) is 1.46. The third-order valence-corrected chi connectivity index (χ3v) is 2.33. The van der Waals surface area contributed by atoms with Crippen molar-refractivity contribution >= 4 is 13.9 Å². The van der Waals surface area contributed by atoms with Gasteiger partial charge in [0, 0.05) is 7.05 Å². The first kappa shape index (κ1) is 10.7. The minimum absolute atomic E-state index is 0.735. The summed E-state index contributed by atoms with van der Waals surface area (Å²) in [7, 11) is 0.502. The van der Waals surface area contributed by atoms with Crippen LogP contribution in [0, 0.1) is 11.5 Å². The first-order valence-electron chi connectivity index (χ1n) is 4.54. The highest BCUT2D eigenvalue weighted by Gasteiger charge is 2.07. The Morgan fingerprint density at radius 2 is 2.00 bits per heavy atom. The summed E-state index contributed by atoms with van der Waals surface area (Å²) in [5, 5.41) is 2.93. The molecule has 1 aromatic heterocycles. The fraction of sp³-hybridized carbons (Fsp3) is 0.400. The Morgan fingerprint density at radius 3 is 2.57 bits per heavy atom. The highest BCUT2D eigenvalue weighted by molar-refractivity contribution is 6.83. The molecule has 4 heteroatoms. The Morgan fingerprint density at radius 1 is 1.29 bits per heavy atom. The molecule has 1 aromatic rings. The van der Waals surface area contributed by atoms with Gasteiger partial charge in [0.1, 0.15) is 19.6 Å². The van der Waals surface area contributed by atoms with Crippen LogP contribution in [0.1, 0.15) is 5.69 Å². The average molecular weight is 205 g/mol. The minimum atomic E-state index is -1.32. The van der Waals surface area contributed by atoms with Gasteiger partial charge in [-0.2, -0.15) is 0 Å². The van der Waals surface area contributed by atoms with E-state index in [1.807, 2.05) is 7.05 Å². The van der Waals surface area contributed by atoms with Crippen molar-refractivity contribution in [1.29, 1.82) is 0 Å². The van der Waals surface area contributed by atoms with E-state index in [1.165, 1.54) is 0 Å². The zero-order chi connectivity index (χ0) is 10.6. The fourth-order valence-corrected chi connectivity index (χ4v) is 1.30. The number of anilines is 1. The molecule has 0 bridgehead atoms. The normalized spacial score (nSPS) is 10.3. The number of aromatic nitrogens is 2. The number of nitrogens with one attached hydrogen (secondary N) is 1. The predicted molar refractivity (Wildman–Crippen MR) is 61.8 cm³/mol. The molecule has 3 nitrogen and oxygen atoms in total. The van der Waals surface area contributed by atoms with Crippen LogP contribution in [-0.4, -0.2) is 25.1 Å². The summed E-state index contributed by atoms with van der Waals surface area (Å²) >= 11 is 0. The lowest BCUT2D eigenvalue weighted by Gasteiger charge is -2.03. The van der Waals surface area contributed by atoms with Gasteiger partial charge in [-0.1, -0.05) is 25.6 Å². The fourth-order valence-electron chi connectivity index (χ4n) is 0.798. The van der Waals surface area contributed by atoms with Gasteiger partial charge in [0.2, 0.25) is 0 Å². The first-order valence-corrected chi connectivity index (χ1v) is 8.04. The van der Waals surface area contributed by atoms with Crippen LogP contribution >= 0.6 is 0 Å². The first-order chi connectivity index (χ1) is 6.51. The molecule has 0 aliphatic rings. The maximum absolute atomic E-state index is 4.27. The van der Waals surface area contributed by atoms with Crippen molar-refractivity contribution in [1.82, 2.24) is 9.97 Å². The van der Waals surface area contributed by atoms with Gasteiger partial charge in [-0.3, -0.25) is 4.98 Å². The summed E-state index contributed by atoms with van der Waals surface area (Å²) in [5.74, 6) is 3.81. The molecule has 1 rings (SSSR count). The van der Waals surface area contributed by atoms with Gasteiger partial charge in [0.15, 0.2) is 0 Å². The van der Waals surface area contributed by atoms with Gasteiger partial charge in [-0.25, -0.2) is 4.98 Å². The number of nitrogens with zero attached hydrogens (tertiary/aromatic N) is 2. The quantitative estimate of drug-likeness (QED) is 0.560. The van der Waals surface area contributed by atoms with Gasteiger partial charge in [-0.15, -0.1) is 5.54 Å². The van der Waals surface area contributed by atoms with Crippen LogP contribution in [0.25, 0.3) is 0 Å². The number of hydrogen-bond donors (Lipinski definition) is 1. The third kappa shape index (κ3) is 3.58. The van der Waals surface area contributed by atoms with Gasteiger partial charge in [0.05, 0.1) is 12.4 Å². The topological polar surface area (TPSA) is 37.8 Å². The molecule has 0 spiro atoms. The predicted octanol–water partition coefficient (Wildman–Crippen LogP) is 1.75. The van der Waals surface area contributed by atoms with E-state index >= 15 is 0 Å². The lowest BCUT2D eigenvalue weighted by molar-refractivity contribution is 1.16. The Balaban J connectivity index is 2.90. The zero-order valence-corrected chi connectivity index (χ0v) is 10.0. The van der Waals surface area contributed by atoms with Gasteiger partial charge < -0.3 is 5.32 Å². The molecule has 0 amide bonds. The summed E-state index contributed by atoms with van der Waals surface area (Å²) in [6.07, 6.45) is 3.37. The van der Waals surface area contributed by atoms with Crippen LogP contribution in [0.4, 0.5) is 5.82 Å². The van der Waals surface area contributed by atoms with E-state index in [9.17, 15) is 0 Å². The van der Waals surface area contributed by atoms with Gasteiger partial charge in [0.25, 0.3) is 0 Å². The van der Waals surface area contributed by atoms with Crippen molar-refractivity contribution < 1.29 is 0 Å². The highest BCUT2D eigenvalue weighted by atomic mass is 28.3. The molecular formula is C10H15N3Si. The van der Waals surface area contributed by atoms with Gasteiger partial charge >= 0.3 is 0 Å². The summed E-state index contributed by atoms with van der Waals surface area (Å²) in [6.45, 7) is 6.61. The molecule has 0 aromatic carbocycles. The van der Waals surface area contributed by atoms with E-state index in [-0.39, 0.29) is 0 Å². The molecule has 14 heavy (non-hydrogen) atoms. The SMILES string of the molecule is CNc1cncc(C#C[Si](C)(C)C)n1.